The summed E-state index contributed by atoms with van der Waals surface area (Å²) in [5, 5.41) is 11.3. The molecular formula is C16H23NO3. The maximum Gasteiger partial charge on any atom is 0.303 e. The van der Waals surface area contributed by atoms with Crippen LogP contribution in [-0.4, -0.2) is 23.5 Å². The van der Waals surface area contributed by atoms with Crippen LogP contribution in [0.5, 0.6) is 0 Å². The van der Waals surface area contributed by atoms with Crippen LogP contribution in [0.1, 0.15) is 56.0 Å². The average molecular weight is 277 g/mol. The second-order valence-corrected chi connectivity index (χ2v) is 5.93. The van der Waals surface area contributed by atoms with E-state index in [-0.39, 0.29) is 17.7 Å². The Morgan fingerprint density at radius 1 is 1.10 bits per heavy atom. The van der Waals surface area contributed by atoms with Crippen molar-refractivity contribution in [1.82, 2.24) is 5.32 Å². The molecule has 0 heterocycles. The highest BCUT2D eigenvalue weighted by Crippen LogP contribution is 2.22. The van der Waals surface area contributed by atoms with Gasteiger partial charge in [-0.15, -0.1) is 0 Å². The van der Waals surface area contributed by atoms with Crippen LogP contribution < -0.4 is 5.32 Å². The van der Waals surface area contributed by atoms with Crippen molar-refractivity contribution in [2.75, 3.05) is 6.54 Å². The largest absolute Gasteiger partial charge is 0.481 e. The molecule has 0 bridgehead atoms. The van der Waals surface area contributed by atoms with Gasteiger partial charge in [-0.2, -0.15) is 0 Å². The van der Waals surface area contributed by atoms with E-state index in [1.54, 1.807) is 0 Å². The summed E-state index contributed by atoms with van der Waals surface area (Å²) in [6.07, 6.45) is 1.41. The molecule has 0 saturated heterocycles. The van der Waals surface area contributed by atoms with Crippen LogP contribution in [0, 0.1) is 0 Å². The van der Waals surface area contributed by atoms with Crippen LogP contribution in [0.3, 0.4) is 0 Å². The number of rotatable bonds is 6. The lowest BCUT2D eigenvalue weighted by atomic mass is 9.87. The molecule has 1 aromatic carbocycles. The Labute approximate surface area is 120 Å². The number of amides is 1. The number of carboxylic acid groups (broad SMARTS) is 1. The minimum absolute atomic E-state index is 0.0752. The zero-order valence-electron chi connectivity index (χ0n) is 12.4. The number of hydrogen-bond donors (Lipinski definition) is 2. The van der Waals surface area contributed by atoms with E-state index in [4.69, 9.17) is 5.11 Å². The van der Waals surface area contributed by atoms with Crippen molar-refractivity contribution in [2.24, 2.45) is 0 Å². The summed E-state index contributed by atoms with van der Waals surface area (Å²) in [5.41, 5.74) is 1.90. The van der Waals surface area contributed by atoms with Gasteiger partial charge in [-0.05, 0) is 36.0 Å². The van der Waals surface area contributed by atoms with Crippen LogP contribution in [0.15, 0.2) is 24.3 Å². The monoisotopic (exact) mass is 277 g/mol. The molecule has 0 atom stereocenters. The Balaban J connectivity index is 2.42. The summed E-state index contributed by atoms with van der Waals surface area (Å²) in [7, 11) is 0. The fourth-order valence-electron chi connectivity index (χ4n) is 1.83. The quantitative estimate of drug-likeness (QED) is 0.786. The van der Waals surface area contributed by atoms with Crippen LogP contribution in [0.25, 0.3) is 0 Å². The van der Waals surface area contributed by atoms with Crippen molar-refractivity contribution in [3.8, 4) is 0 Å². The van der Waals surface area contributed by atoms with Crippen LogP contribution >= 0.6 is 0 Å². The molecule has 0 aromatic heterocycles. The second kappa shape index (κ2) is 7.08. The standard InChI is InChI=1S/C16H23NO3/c1-16(2,3)13-9-7-12(8-10-13)15(20)17-11-5-4-6-14(18)19/h7-10H,4-6,11H2,1-3H3,(H,17,20)(H,18,19). The van der Waals surface area contributed by atoms with E-state index in [1.165, 1.54) is 5.56 Å². The number of carboxylic acids is 1. The Morgan fingerprint density at radius 2 is 1.70 bits per heavy atom. The number of aliphatic carboxylic acids is 1. The minimum Gasteiger partial charge on any atom is -0.481 e. The van der Waals surface area contributed by atoms with Gasteiger partial charge in [-0.1, -0.05) is 32.9 Å². The first-order valence-electron chi connectivity index (χ1n) is 6.91. The molecule has 0 fully saturated rings. The van der Waals surface area contributed by atoms with Gasteiger partial charge in [0.05, 0.1) is 0 Å². The average Bonchev–Trinajstić information content (AvgIpc) is 2.37. The summed E-state index contributed by atoms with van der Waals surface area (Å²) >= 11 is 0. The smallest absolute Gasteiger partial charge is 0.303 e. The lowest BCUT2D eigenvalue weighted by molar-refractivity contribution is -0.137. The third-order valence-electron chi connectivity index (χ3n) is 3.12. The molecule has 0 aliphatic heterocycles. The number of benzene rings is 1. The summed E-state index contributed by atoms with van der Waals surface area (Å²) in [6.45, 7) is 6.90. The molecule has 0 saturated carbocycles. The number of nitrogens with one attached hydrogen (secondary N) is 1. The van der Waals surface area contributed by atoms with E-state index in [1.807, 2.05) is 24.3 Å². The molecule has 20 heavy (non-hydrogen) atoms. The fourth-order valence-corrected chi connectivity index (χ4v) is 1.83. The first kappa shape index (κ1) is 16.2. The number of unbranched alkanes of at least 4 members (excludes halogenated alkanes) is 1. The van der Waals surface area contributed by atoms with Crippen molar-refractivity contribution in [3.05, 3.63) is 35.4 Å². The molecular weight excluding hydrogens is 254 g/mol. The van der Waals surface area contributed by atoms with Gasteiger partial charge in [0.15, 0.2) is 0 Å². The highest BCUT2D eigenvalue weighted by atomic mass is 16.4. The normalized spacial score (nSPS) is 11.2. The Kier molecular flexibility index (Phi) is 5.74. The lowest BCUT2D eigenvalue weighted by Crippen LogP contribution is -2.24. The summed E-state index contributed by atoms with van der Waals surface area (Å²) in [6, 6.07) is 7.60. The molecule has 2 N–H and O–H groups in total. The Hall–Kier alpha value is -1.84. The molecule has 0 radical (unpaired) electrons. The number of hydrogen-bond acceptors (Lipinski definition) is 2. The highest BCUT2D eigenvalue weighted by molar-refractivity contribution is 5.94. The van der Waals surface area contributed by atoms with E-state index >= 15 is 0 Å². The molecule has 0 spiro atoms. The predicted molar refractivity (Wildman–Crippen MR) is 79.0 cm³/mol. The van der Waals surface area contributed by atoms with E-state index in [9.17, 15) is 9.59 Å². The molecule has 0 aliphatic rings. The van der Waals surface area contributed by atoms with Gasteiger partial charge in [0.25, 0.3) is 5.91 Å². The minimum atomic E-state index is -0.797. The SMILES string of the molecule is CC(C)(C)c1ccc(C(=O)NCCCCC(=O)O)cc1. The van der Waals surface area contributed by atoms with Gasteiger partial charge in [-0.25, -0.2) is 0 Å². The van der Waals surface area contributed by atoms with Crippen LogP contribution in [-0.2, 0) is 10.2 Å². The van der Waals surface area contributed by atoms with Crippen LogP contribution in [0.2, 0.25) is 0 Å². The highest BCUT2D eigenvalue weighted by Gasteiger charge is 2.14. The zero-order chi connectivity index (χ0) is 15.2. The molecule has 4 heteroatoms. The second-order valence-electron chi connectivity index (χ2n) is 5.93. The maximum absolute atomic E-state index is 11.9. The lowest BCUT2D eigenvalue weighted by Gasteiger charge is -2.19. The van der Waals surface area contributed by atoms with Crippen molar-refractivity contribution < 1.29 is 14.7 Å². The zero-order valence-corrected chi connectivity index (χ0v) is 12.4. The van der Waals surface area contributed by atoms with Crippen molar-refractivity contribution in [1.29, 1.82) is 0 Å². The Morgan fingerprint density at radius 3 is 2.20 bits per heavy atom. The molecule has 4 nitrogen and oxygen atoms in total. The third kappa shape index (κ3) is 5.43. The van der Waals surface area contributed by atoms with Gasteiger partial charge in [0.1, 0.15) is 0 Å². The number of carbonyl (C=O) groups is 2. The van der Waals surface area contributed by atoms with Gasteiger partial charge in [0, 0.05) is 18.5 Å². The first-order chi connectivity index (χ1) is 9.30. The van der Waals surface area contributed by atoms with E-state index in [2.05, 4.69) is 26.1 Å². The molecule has 110 valence electrons. The van der Waals surface area contributed by atoms with Crippen LogP contribution in [0.4, 0.5) is 0 Å². The van der Waals surface area contributed by atoms with E-state index in [0.29, 0.717) is 24.9 Å². The molecule has 0 unspecified atom stereocenters. The Bertz CT molecular complexity index is 458. The topological polar surface area (TPSA) is 66.4 Å². The van der Waals surface area contributed by atoms with Crippen molar-refractivity contribution in [2.45, 2.75) is 45.4 Å². The first-order valence-corrected chi connectivity index (χ1v) is 6.91. The van der Waals surface area contributed by atoms with Gasteiger partial charge in [-0.3, -0.25) is 9.59 Å². The maximum atomic E-state index is 11.9. The van der Waals surface area contributed by atoms with Gasteiger partial charge in [0.2, 0.25) is 0 Å². The summed E-state index contributed by atoms with van der Waals surface area (Å²) < 4.78 is 0. The van der Waals surface area contributed by atoms with Crippen molar-refractivity contribution >= 4 is 11.9 Å². The number of carbonyl (C=O) groups excluding carboxylic acids is 1. The van der Waals surface area contributed by atoms with Gasteiger partial charge < -0.3 is 10.4 Å². The fraction of sp³-hybridized carbons (Fsp3) is 0.500. The molecule has 0 aliphatic carbocycles. The van der Waals surface area contributed by atoms with Crippen molar-refractivity contribution in [3.63, 3.8) is 0 Å². The summed E-state index contributed by atoms with van der Waals surface area (Å²) in [5.74, 6) is -0.908. The van der Waals surface area contributed by atoms with Gasteiger partial charge >= 0.3 is 5.97 Å². The van der Waals surface area contributed by atoms with E-state index < -0.39 is 5.97 Å². The summed E-state index contributed by atoms with van der Waals surface area (Å²) in [4.78, 5) is 22.2. The third-order valence-corrected chi connectivity index (χ3v) is 3.12. The molecule has 1 rings (SSSR count). The predicted octanol–water partition coefficient (Wildman–Crippen LogP) is 2.97. The van der Waals surface area contributed by atoms with E-state index in [0.717, 1.165) is 0 Å². The molecule has 1 amide bonds. The molecule has 1 aromatic rings.